The van der Waals surface area contributed by atoms with Crippen molar-refractivity contribution in [2.24, 2.45) is 0 Å². The van der Waals surface area contributed by atoms with Crippen LogP contribution in [0.5, 0.6) is 0 Å². The molecule has 0 bridgehead atoms. The van der Waals surface area contributed by atoms with Gasteiger partial charge in [-0.25, -0.2) is 13.6 Å². The minimum Gasteiger partial charge on any atom is -0.444 e. The van der Waals surface area contributed by atoms with Crippen LogP contribution in [-0.4, -0.2) is 51.3 Å². The summed E-state index contributed by atoms with van der Waals surface area (Å²) in [6, 6.07) is -0.944. The van der Waals surface area contributed by atoms with Crippen molar-refractivity contribution in [1.29, 1.82) is 0 Å². The minimum atomic E-state index is -2.90. The SMILES string of the molecule is CC(C)(C)NC(=O)C(O)N(C(=O)OC(C)(C)C)C1CC(F)(F)C1. The van der Waals surface area contributed by atoms with Gasteiger partial charge in [0, 0.05) is 24.4 Å². The molecule has 0 radical (unpaired) electrons. The first-order valence-electron chi connectivity index (χ1n) is 7.50. The molecule has 1 unspecified atom stereocenters. The van der Waals surface area contributed by atoms with Crippen molar-refractivity contribution >= 4 is 12.0 Å². The van der Waals surface area contributed by atoms with Gasteiger partial charge >= 0.3 is 6.09 Å². The van der Waals surface area contributed by atoms with E-state index in [-0.39, 0.29) is 0 Å². The predicted molar refractivity (Wildman–Crippen MR) is 79.9 cm³/mol. The molecule has 1 saturated carbocycles. The molecule has 0 spiro atoms. The summed E-state index contributed by atoms with van der Waals surface area (Å²) in [5.74, 6) is -3.73. The van der Waals surface area contributed by atoms with Gasteiger partial charge in [0.25, 0.3) is 11.8 Å². The van der Waals surface area contributed by atoms with Crippen LogP contribution in [0.3, 0.4) is 0 Å². The number of amides is 2. The van der Waals surface area contributed by atoms with E-state index in [1.807, 2.05) is 0 Å². The molecule has 1 rings (SSSR count). The monoisotopic (exact) mass is 336 g/mol. The Morgan fingerprint density at radius 2 is 1.70 bits per heavy atom. The second-order valence-electron chi connectivity index (χ2n) is 7.92. The molecule has 1 fully saturated rings. The van der Waals surface area contributed by atoms with E-state index in [9.17, 15) is 23.5 Å². The van der Waals surface area contributed by atoms with Gasteiger partial charge in [-0.3, -0.25) is 9.69 Å². The Morgan fingerprint density at radius 1 is 1.22 bits per heavy atom. The van der Waals surface area contributed by atoms with Crippen LogP contribution in [0.1, 0.15) is 54.4 Å². The predicted octanol–water partition coefficient (Wildman–Crippen LogP) is 2.25. The van der Waals surface area contributed by atoms with Gasteiger partial charge in [0.2, 0.25) is 6.23 Å². The fourth-order valence-electron chi connectivity index (χ4n) is 2.15. The molecule has 1 atom stereocenters. The van der Waals surface area contributed by atoms with E-state index in [0.29, 0.717) is 4.90 Å². The van der Waals surface area contributed by atoms with Gasteiger partial charge in [0.05, 0.1) is 0 Å². The zero-order chi connectivity index (χ0) is 18.2. The lowest BCUT2D eigenvalue weighted by Gasteiger charge is -2.44. The highest BCUT2D eigenvalue weighted by atomic mass is 19.3. The number of nitrogens with zero attached hydrogens (tertiary/aromatic N) is 1. The Balaban J connectivity index is 2.91. The maximum Gasteiger partial charge on any atom is 0.413 e. The van der Waals surface area contributed by atoms with Crippen molar-refractivity contribution < 1.29 is 28.2 Å². The van der Waals surface area contributed by atoms with Crippen LogP contribution in [-0.2, 0) is 9.53 Å². The third-order valence-electron chi connectivity index (χ3n) is 3.06. The number of carbonyl (C=O) groups is 2. The zero-order valence-corrected chi connectivity index (χ0v) is 14.4. The van der Waals surface area contributed by atoms with Crippen LogP contribution in [0.4, 0.5) is 13.6 Å². The van der Waals surface area contributed by atoms with E-state index in [2.05, 4.69) is 5.32 Å². The van der Waals surface area contributed by atoms with Gasteiger partial charge < -0.3 is 15.2 Å². The highest BCUT2D eigenvalue weighted by Gasteiger charge is 2.52. The zero-order valence-electron chi connectivity index (χ0n) is 14.4. The van der Waals surface area contributed by atoms with Gasteiger partial charge in [-0.2, -0.15) is 0 Å². The van der Waals surface area contributed by atoms with Gasteiger partial charge in [-0.1, -0.05) is 0 Å². The van der Waals surface area contributed by atoms with Crippen LogP contribution < -0.4 is 5.32 Å². The van der Waals surface area contributed by atoms with E-state index >= 15 is 0 Å². The van der Waals surface area contributed by atoms with Crippen LogP contribution >= 0.6 is 0 Å². The molecule has 2 N–H and O–H groups in total. The molecule has 0 heterocycles. The fraction of sp³-hybridized carbons (Fsp3) is 0.867. The fourth-order valence-corrected chi connectivity index (χ4v) is 2.15. The molecule has 8 heteroatoms. The van der Waals surface area contributed by atoms with E-state index in [1.165, 1.54) is 0 Å². The van der Waals surface area contributed by atoms with Gasteiger partial charge in [-0.15, -0.1) is 0 Å². The first kappa shape index (κ1) is 19.6. The Labute approximate surface area is 135 Å². The number of halogens is 2. The van der Waals surface area contributed by atoms with E-state index < -0.39 is 54.2 Å². The highest BCUT2D eigenvalue weighted by molar-refractivity contribution is 5.85. The van der Waals surface area contributed by atoms with E-state index in [1.54, 1.807) is 41.5 Å². The lowest BCUT2D eigenvalue weighted by molar-refractivity contribution is -0.165. The molecule has 1 aliphatic rings. The largest absolute Gasteiger partial charge is 0.444 e. The van der Waals surface area contributed by atoms with E-state index in [0.717, 1.165) is 0 Å². The lowest BCUT2D eigenvalue weighted by Crippen LogP contribution is -2.62. The normalized spacial score (nSPS) is 19.5. The van der Waals surface area contributed by atoms with Crippen LogP contribution in [0, 0.1) is 0 Å². The first-order valence-corrected chi connectivity index (χ1v) is 7.50. The molecular formula is C15H26F2N2O4. The second-order valence-corrected chi connectivity index (χ2v) is 7.92. The maximum absolute atomic E-state index is 13.1. The summed E-state index contributed by atoms with van der Waals surface area (Å²) >= 11 is 0. The number of alkyl halides is 2. The molecule has 6 nitrogen and oxygen atoms in total. The number of aliphatic hydroxyl groups excluding tert-OH is 1. The smallest absolute Gasteiger partial charge is 0.413 e. The third-order valence-corrected chi connectivity index (χ3v) is 3.06. The minimum absolute atomic E-state index is 0.605. The standard InChI is InChI=1S/C15H26F2N2O4/c1-13(2,3)18-10(20)11(21)19(9-7-15(16,17)8-9)12(22)23-14(4,5)6/h9,11,21H,7-8H2,1-6H3,(H,18,20). The van der Waals surface area contributed by atoms with Crippen molar-refractivity contribution in [1.82, 2.24) is 10.2 Å². The number of carbonyl (C=O) groups excluding carboxylic acids is 2. The molecule has 0 aliphatic heterocycles. The summed E-state index contributed by atoms with van der Waals surface area (Å²) in [6.45, 7) is 9.94. The molecule has 0 aromatic carbocycles. The lowest BCUT2D eigenvalue weighted by atomic mass is 9.86. The van der Waals surface area contributed by atoms with Crippen molar-refractivity contribution in [3.63, 3.8) is 0 Å². The molecule has 134 valence electrons. The van der Waals surface area contributed by atoms with E-state index in [4.69, 9.17) is 4.74 Å². The number of aliphatic hydroxyl groups is 1. The van der Waals surface area contributed by atoms with Crippen molar-refractivity contribution in [2.75, 3.05) is 0 Å². The summed E-state index contributed by atoms with van der Waals surface area (Å²) in [4.78, 5) is 25.0. The van der Waals surface area contributed by atoms with Crippen LogP contribution in [0.2, 0.25) is 0 Å². The Bertz CT molecular complexity index is 461. The molecule has 23 heavy (non-hydrogen) atoms. The van der Waals surface area contributed by atoms with Gasteiger partial charge in [0.15, 0.2) is 0 Å². The molecular weight excluding hydrogens is 310 g/mol. The summed E-state index contributed by atoms with van der Waals surface area (Å²) in [5.41, 5.74) is -1.51. The van der Waals surface area contributed by atoms with Crippen molar-refractivity contribution in [2.45, 2.75) is 83.7 Å². The molecule has 0 aromatic rings. The third kappa shape index (κ3) is 5.93. The van der Waals surface area contributed by atoms with Crippen LogP contribution in [0.25, 0.3) is 0 Å². The highest BCUT2D eigenvalue weighted by Crippen LogP contribution is 2.41. The quantitative estimate of drug-likeness (QED) is 0.775. The maximum atomic E-state index is 13.1. The summed E-state index contributed by atoms with van der Waals surface area (Å²) in [5, 5.41) is 12.7. The average Bonchev–Trinajstić information content (AvgIpc) is 2.21. The molecule has 0 aromatic heterocycles. The number of ether oxygens (including phenoxy) is 1. The summed E-state index contributed by atoms with van der Waals surface area (Å²) < 4.78 is 31.4. The average molecular weight is 336 g/mol. The number of rotatable bonds is 3. The number of hydrogen-bond acceptors (Lipinski definition) is 4. The summed E-state index contributed by atoms with van der Waals surface area (Å²) in [6.07, 6.45) is -4.09. The first-order chi connectivity index (χ1) is 10.1. The summed E-state index contributed by atoms with van der Waals surface area (Å²) in [7, 11) is 0. The van der Waals surface area contributed by atoms with Gasteiger partial charge in [0.1, 0.15) is 5.60 Å². The molecule has 1 aliphatic carbocycles. The Hall–Kier alpha value is -1.44. The molecule has 0 saturated heterocycles. The van der Waals surface area contributed by atoms with Gasteiger partial charge in [-0.05, 0) is 41.5 Å². The van der Waals surface area contributed by atoms with Crippen molar-refractivity contribution in [3.8, 4) is 0 Å². The second kappa shape index (κ2) is 6.22. The Kier molecular flexibility index (Phi) is 5.30. The van der Waals surface area contributed by atoms with Crippen LogP contribution in [0.15, 0.2) is 0 Å². The topological polar surface area (TPSA) is 78.9 Å². The molecule has 2 amide bonds. The number of hydrogen-bond donors (Lipinski definition) is 2. The Morgan fingerprint density at radius 3 is 2.04 bits per heavy atom. The number of nitrogens with one attached hydrogen (secondary N) is 1. The van der Waals surface area contributed by atoms with Crippen molar-refractivity contribution in [3.05, 3.63) is 0 Å².